The van der Waals surface area contributed by atoms with Crippen LogP contribution in [0.5, 0.6) is 5.75 Å². The molecule has 28 heavy (non-hydrogen) atoms. The molecule has 0 bridgehead atoms. The van der Waals surface area contributed by atoms with Crippen molar-refractivity contribution in [1.29, 1.82) is 0 Å². The van der Waals surface area contributed by atoms with Gasteiger partial charge in [0.05, 0.1) is 25.8 Å². The van der Waals surface area contributed by atoms with E-state index in [4.69, 9.17) is 21.7 Å². The average molecular weight is 400 g/mol. The molecule has 2 aromatic carbocycles. The molecule has 0 amide bonds. The summed E-state index contributed by atoms with van der Waals surface area (Å²) in [5.74, 6) is -0.155. The minimum Gasteiger partial charge on any atom is -0.497 e. The highest BCUT2D eigenvalue weighted by Gasteiger charge is 2.36. The average Bonchev–Trinajstić information content (AvgIpc) is 2.72. The minimum absolute atomic E-state index is 0.384. The Hall–Kier alpha value is -2.93. The van der Waals surface area contributed by atoms with Crippen molar-refractivity contribution >= 4 is 29.0 Å². The first kappa shape index (κ1) is 19.8. The van der Waals surface area contributed by atoms with Crippen LogP contribution in [-0.4, -0.2) is 25.3 Å². The van der Waals surface area contributed by atoms with Crippen LogP contribution in [0.25, 0.3) is 0 Å². The molecule has 0 radical (unpaired) electrons. The topological polar surface area (TPSA) is 50.8 Å². The predicted molar refractivity (Wildman–Crippen MR) is 110 cm³/mol. The number of carbonyl (C=O) groups excluding carboxylic acids is 1. The van der Waals surface area contributed by atoms with Gasteiger partial charge in [0.15, 0.2) is 5.11 Å². The molecule has 1 aliphatic rings. The van der Waals surface area contributed by atoms with Gasteiger partial charge < -0.3 is 14.8 Å². The number of hydrogen-bond acceptors (Lipinski definition) is 4. The molecule has 2 aromatic rings. The largest absolute Gasteiger partial charge is 0.497 e. The summed E-state index contributed by atoms with van der Waals surface area (Å²) in [6.07, 6.45) is 0.532. The molecular weight excluding hydrogens is 379 g/mol. The van der Waals surface area contributed by atoms with E-state index in [1.807, 2.05) is 31.2 Å². The molecule has 5 nitrogen and oxygen atoms in total. The van der Waals surface area contributed by atoms with Crippen LogP contribution in [-0.2, 0) is 9.53 Å². The molecule has 7 heteroatoms. The lowest BCUT2D eigenvalue weighted by Crippen LogP contribution is -2.48. The molecule has 0 fully saturated rings. The summed E-state index contributed by atoms with van der Waals surface area (Å²) in [5, 5.41) is 3.59. The summed E-state index contributed by atoms with van der Waals surface area (Å²) >= 11 is 5.60. The number of anilines is 1. The van der Waals surface area contributed by atoms with Gasteiger partial charge in [-0.15, -0.1) is 0 Å². The summed E-state index contributed by atoms with van der Waals surface area (Å²) in [6, 6.07) is 12.9. The highest BCUT2D eigenvalue weighted by molar-refractivity contribution is 7.80. The number of halogens is 1. The Balaban J connectivity index is 2.16. The predicted octanol–water partition coefficient (Wildman–Crippen LogP) is 4.11. The van der Waals surface area contributed by atoms with E-state index in [1.54, 1.807) is 24.1 Å². The van der Waals surface area contributed by atoms with Crippen LogP contribution in [0.15, 0.2) is 59.8 Å². The number of thiocarbonyl (C=S) groups is 1. The van der Waals surface area contributed by atoms with Crippen LogP contribution in [0.2, 0.25) is 0 Å². The zero-order valence-electron chi connectivity index (χ0n) is 15.9. The lowest BCUT2D eigenvalue weighted by molar-refractivity contribution is -0.136. The van der Waals surface area contributed by atoms with Gasteiger partial charge in [-0.25, -0.2) is 9.18 Å². The maximum absolute atomic E-state index is 13.8. The SMILES string of the molecule is CCC1=C(C(=O)OC)[C@@H](c2cccc(F)c2)NC(=S)N1c1ccc(OC)cc1. The number of hydrogen-bond donors (Lipinski definition) is 1. The smallest absolute Gasteiger partial charge is 0.337 e. The summed E-state index contributed by atoms with van der Waals surface area (Å²) in [7, 11) is 2.92. The molecule has 0 spiro atoms. The number of carbonyl (C=O) groups is 1. The molecule has 0 aromatic heterocycles. The van der Waals surface area contributed by atoms with Crippen LogP contribution >= 0.6 is 12.2 Å². The second-order valence-electron chi connectivity index (χ2n) is 6.18. The van der Waals surface area contributed by atoms with Crippen molar-refractivity contribution in [1.82, 2.24) is 5.32 Å². The second-order valence-corrected chi connectivity index (χ2v) is 6.56. The van der Waals surface area contributed by atoms with E-state index in [0.29, 0.717) is 34.1 Å². The van der Waals surface area contributed by atoms with Crippen molar-refractivity contribution in [2.45, 2.75) is 19.4 Å². The van der Waals surface area contributed by atoms with Gasteiger partial charge in [-0.05, 0) is 60.6 Å². The van der Waals surface area contributed by atoms with Crippen LogP contribution in [0.3, 0.4) is 0 Å². The lowest BCUT2D eigenvalue weighted by atomic mass is 9.93. The first-order valence-electron chi connectivity index (χ1n) is 8.81. The van der Waals surface area contributed by atoms with Crippen LogP contribution < -0.4 is 15.0 Å². The minimum atomic E-state index is -0.597. The van der Waals surface area contributed by atoms with Gasteiger partial charge >= 0.3 is 5.97 Å². The van der Waals surface area contributed by atoms with Gasteiger partial charge in [0.2, 0.25) is 0 Å². The summed E-state index contributed by atoms with van der Waals surface area (Å²) in [4.78, 5) is 14.5. The molecule has 1 aliphatic heterocycles. The van der Waals surface area contributed by atoms with Gasteiger partial charge in [0.1, 0.15) is 11.6 Å². The maximum Gasteiger partial charge on any atom is 0.337 e. The number of esters is 1. The lowest BCUT2D eigenvalue weighted by Gasteiger charge is -2.38. The van der Waals surface area contributed by atoms with Crippen molar-refractivity contribution in [2.75, 3.05) is 19.1 Å². The Morgan fingerprint density at radius 1 is 1.21 bits per heavy atom. The van der Waals surface area contributed by atoms with Crippen LogP contribution in [0, 0.1) is 5.82 Å². The number of benzene rings is 2. The van der Waals surface area contributed by atoms with E-state index >= 15 is 0 Å². The summed E-state index contributed by atoms with van der Waals surface area (Å²) in [5.41, 5.74) is 2.49. The quantitative estimate of drug-likeness (QED) is 0.602. The highest BCUT2D eigenvalue weighted by Crippen LogP contribution is 2.36. The van der Waals surface area contributed by atoms with Gasteiger partial charge in [-0.1, -0.05) is 19.1 Å². The zero-order valence-corrected chi connectivity index (χ0v) is 16.7. The fraction of sp³-hybridized carbons (Fsp3) is 0.238. The third-order valence-electron chi connectivity index (χ3n) is 4.59. The third kappa shape index (κ3) is 3.71. The molecule has 1 N–H and O–H groups in total. The maximum atomic E-state index is 13.8. The first-order chi connectivity index (χ1) is 13.5. The van der Waals surface area contributed by atoms with Gasteiger partial charge in [0, 0.05) is 11.4 Å². The first-order valence-corrected chi connectivity index (χ1v) is 9.22. The number of rotatable bonds is 5. The van der Waals surface area contributed by atoms with Crippen molar-refractivity contribution in [2.24, 2.45) is 0 Å². The monoisotopic (exact) mass is 400 g/mol. The summed E-state index contributed by atoms with van der Waals surface area (Å²) in [6.45, 7) is 1.94. The standard InChI is InChI=1S/C21H21FN2O3S/c1-4-17-18(20(25)27-3)19(13-6-5-7-14(22)12-13)23-21(28)24(17)15-8-10-16(26-2)11-9-15/h5-12,19H,4H2,1-3H3,(H,23,28)/t19-/m1/s1. The number of allylic oxidation sites excluding steroid dienone is 1. The Bertz CT molecular complexity index is 928. The number of nitrogens with one attached hydrogen (secondary N) is 1. The molecule has 0 saturated carbocycles. The summed E-state index contributed by atoms with van der Waals surface area (Å²) < 4.78 is 24.1. The Morgan fingerprint density at radius 2 is 1.93 bits per heavy atom. The Morgan fingerprint density at radius 3 is 2.50 bits per heavy atom. The van der Waals surface area contributed by atoms with E-state index in [-0.39, 0.29) is 5.82 Å². The number of nitrogens with zero attached hydrogens (tertiary/aromatic N) is 1. The Kier molecular flexibility index (Phi) is 5.94. The highest BCUT2D eigenvalue weighted by atomic mass is 32.1. The van der Waals surface area contributed by atoms with Gasteiger partial charge in [0.25, 0.3) is 0 Å². The normalized spacial score (nSPS) is 16.6. The zero-order chi connectivity index (χ0) is 20.3. The van der Waals surface area contributed by atoms with Crippen LogP contribution in [0.1, 0.15) is 24.9 Å². The fourth-order valence-corrected chi connectivity index (χ4v) is 3.64. The second kappa shape index (κ2) is 8.39. The molecule has 0 unspecified atom stereocenters. The number of methoxy groups -OCH3 is 2. The van der Waals surface area contributed by atoms with Gasteiger partial charge in [-0.3, -0.25) is 4.90 Å². The van der Waals surface area contributed by atoms with Crippen molar-refractivity contribution in [3.63, 3.8) is 0 Å². The molecule has 0 saturated heterocycles. The molecule has 3 rings (SSSR count). The number of ether oxygens (including phenoxy) is 2. The third-order valence-corrected chi connectivity index (χ3v) is 4.89. The molecule has 1 heterocycles. The van der Waals surface area contributed by atoms with Crippen molar-refractivity contribution in [3.05, 3.63) is 71.2 Å². The van der Waals surface area contributed by atoms with E-state index in [2.05, 4.69) is 5.32 Å². The van der Waals surface area contributed by atoms with E-state index in [0.717, 1.165) is 5.69 Å². The van der Waals surface area contributed by atoms with E-state index in [1.165, 1.54) is 19.2 Å². The molecule has 1 atom stereocenters. The van der Waals surface area contributed by atoms with E-state index in [9.17, 15) is 9.18 Å². The van der Waals surface area contributed by atoms with E-state index < -0.39 is 12.0 Å². The van der Waals surface area contributed by atoms with Crippen molar-refractivity contribution in [3.8, 4) is 5.75 Å². The molecular formula is C21H21FN2O3S. The van der Waals surface area contributed by atoms with Crippen LogP contribution in [0.4, 0.5) is 10.1 Å². The molecule has 0 aliphatic carbocycles. The fourth-order valence-electron chi connectivity index (χ4n) is 3.30. The molecule has 146 valence electrons. The van der Waals surface area contributed by atoms with Crippen molar-refractivity contribution < 1.29 is 18.7 Å². The van der Waals surface area contributed by atoms with Gasteiger partial charge in [-0.2, -0.15) is 0 Å². The Labute approximate surface area is 168 Å².